The molecule has 4 nitrogen and oxygen atoms in total. The van der Waals surface area contributed by atoms with Gasteiger partial charge in [0.1, 0.15) is 17.2 Å². The van der Waals surface area contributed by atoms with Crippen LogP contribution in [0.2, 0.25) is 0 Å². The van der Waals surface area contributed by atoms with Gasteiger partial charge in [0.2, 0.25) is 0 Å². The number of pyridine rings is 1. The van der Waals surface area contributed by atoms with Crippen molar-refractivity contribution >= 4 is 17.2 Å². The number of fused-ring (bicyclic) bond motifs is 1. The molecule has 122 valence electrons. The van der Waals surface area contributed by atoms with E-state index in [1.807, 2.05) is 60.0 Å². The maximum atomic E-state index is 13.3. The van der Waals surface area contributed by atoms with Gasteiger partial charge in [-0.3, -0.25) is 4.40 Å². The molecule has 0 aliphatic heterocycles. The SMILES string of the molecule is Cc1ccc(-c2nc3ccccn3c2N=Nc2cccc(F)c2)cc1. The first-order chi connectivity index (χ1) is 12.2. The lowest BCUT2D eigenvalue weighted by Gasteiger charge is -2.00. The average Bonchev–Trinajstić information content (AvgIpc) is 2.99. The lowest BCUT2D eigenvalue weighted by atomic mass is 10.1. The Morgan fingerprint density at radius 3 is 2.56 bits per heavy atom. The van der Waals surface area contributed by atoms with Crippen molar-refractivity contribution in [2.24, 2.45) is 10.2 Å². The van der Waals surface area contributed by atoms with Crippen molar-refractivity contribution in [2.45, 2.75) is 6.92 Å². The van der Waals surface area contributed by atoms with E-state index >= 15 is 0 Å². The first kappa shape index (κ1) is 15.2. The first-order valence-electron chi connectivity index (χ1n) is 7.92. The lowest BCUT2D eigenvalue weighted by Crippen LogP contribution is -1.82. The molecule has 5 heteroatoms. The van der Waals surface area contributed by atoms with Crippen LogP contribution in [-0.2, 0) is 0 Å². The van der Waals surface area contributed by atoms with Crippen LogP contribution in [0.25, 0.3) is 16.9 Å². The number of benzene rings is 2. The van der Waals surface area contributed by atoms with Crippen molar-refractivity contribution in [2.75, 3.05) is 0 Å². The highest BCUT2D eigenvalue weighted by molar-refractivity contribution is 5.74. The van der Waals surface area contributed by atoms with Gasteiger partial charge in [0, 0.05) is 17.8 Å². The van der Waals surface area contributed by atoms with Crippen LogP contribution in [-0.4, -0.2) is 9.38 Å². The van der Waals surface area contributed by atoms with E-state index in [2.05, 4.69) is 15.2 Å². The first-order valence-corrected chi connectivity index (χ1v) is 7.92. The molecule has 0 bridgehead atoms. The number of imidazole rings is 1. The third-order valence-electron chi connectivity index (χ3n) is 3.90. The van der Waals surface area contributed by atoms with Crippen molar-refractivity contribution < 1.29 is 4.39 Å². The molecule has 0 saturated heterocycles. The number of nitrogens with zero attached hydrogens (tertiary/aromatic N) is 4. The van der Waals surface area contributed by atoms with E-state index in [1.165, 1.54) is 17.7 Å². The van der Waals surface area contributed by atoms with E-state index in [9.17, 15) is 4.39 Å². The van der Waals surface area contributed by atoms with Gasteiger partial charge in [0.15, 0.2) is 5.82 Å². The Morgan fingerprint density at radius 2 is 1.76 bits per heavy atom. The maximum absolute atomic E-state index is 13.3. The Labute approximate surface area is 144 Å². The lowest BCUT2D eigenvalue weighted by molar-refractivity contribution is 0.628. The van der Waals surface area contributed by atoms with E-state index in [-0.39, 0.29) is 5.82 Å². The second kappa shape index (κ2) is 6.28. The van der Waals surface area contributed by atoms with Crippen molar-refractivity contribution in [1.82, 2.24) is 9.38 Å². The number of rotatable bonds is 3. The summed E-state index contributed by atoms with van der Waals surface area (Å²) in [6, 6.07) is 19.9. The molecule has 4 aromatic rings. The Hall–Kier alpha value is -3.34. The van der Waals surface area contributed by atoms with Crippen LogP contribution < -0.4 is 0 Å². The molecule has 2 aromatic heterocycles. The summed E-state index contributed by atoms with van der Waals surface area (Å²) in [6.07, 6.45) is 1.89. The molecule has 0 fully saturated rings. The quantitative estimate of drug-likeness (QED) is 0.433. The second-order valence-electron chi connectivity index (χ2n) is 5.76. The van der Waals surface area contributed by atoms with Crippen molar-refractivity contribution in [1.29, 1.82) is 0 Å². The summed E-state index contributed by atoms with van der Waals surface area (Å²) < 4.78 is 15.2. The van der Waals surface area contributed by atoms with Crippen molar-refractivity contribution in [3.63, 3.8) is 0 Å². The fraction of sp³-hybridized carbons (Fsp3) is 0.0500. The van der Waals surface area contributed by atoms with Gasteiger partial charge in [0.25, 0.3) is 0 Å². The normalized spacial score (nSPS) is 11.4. The Balaban J connectivity index is 1.86. The minimum atomic E-state index is -0.339. The van der Waals surface area contributed by atoms with Gasteiger partial charge in [-0.05, 0) is 31.2 Å². The standard InChI is InChI=1S/C20H15FN4/c1-14-8-10-15(11-9-14)19-20(25-12-3-2-7-18(25)22-19)24-23-17-6-4-5-16(21)13-17/h2-13H,1H3. The molecule has 0 atom stereocenters. The van der Waals surface area contributed by atoms with Crippen LogP contribution in [0.15, 0.2) is 83.2 Å². The van der Waals surface area contributed by atoms with E-state index in [4.69, 9.17) is 0 Å². The van der Waals surface area contributed by atoms with Crippen LogP contribution in [0.3, 0.4) is 0 Å². The molecule has 0 N–H and O–H groups in total. The number of hydrogen-bond donors (Lipinski definition) is 0. The number of aromatic nitrogens is 2. The van der Waals surface area contributed by atoms with Gasteiger partial charge in [-0.25, -0.2) is 9.37 Å². The summed E-state index contributed by atoms with van der Waals surface area (Å²) in [4.78, 5) is 4.68. The van der Waals surface area contributed by atoms with E-state index in [0.717, 1.165) is 16.9 Å². The molecule has 4 rings (SSSR count). The zero-order chi connectivity index (χ0) is 17.2. The summed E-state index contributed by atoms with van der Waals surface area (Å²) >= 11 is 0. The molecule has 0 spiro atoms. The highest BCUT2D eigenvalue weighted by Gasteiger charge is 2.13. The topological polar surface area (TPSA) is 42.0 Å². The predicted molar refractivity (Wildman–Crippen MR) is 95.9 cm³/mol. The minimum absolute atomic E-state index is 0.339. The van der Waals surface area contributed by atoms with Crippen molar-refractivity contribution in [3.8, 4) is 11.3 Å². The third kappa shape index (κ3) is 3.04. The molecule has 0 unspecified atom stereocenters. The Morgan fingerprint density at radius 1 is 0.920 bits per heavy atom. The van der Waals surface area contributed by atoms with Gasteiger partial charge in [-0.15, -0.1) is 10.2 Å². The Kier molecular flexibility index (Phi) is 3.82. The second-order valence-corrected chi connectivity index (χ2v) is 5.76. The monoisotopic (exact) mass is 330 g/mol. The van der Waals surface area contributed by atoms with E-state index in [1.54, 1.807) is 12.1 Å². The summed E-state index contributed by atoms with van der Waals surface area (Å²) in [5.74, 6) is 0.275. The van der Waals surface area contributed by atoms with E-state index < -0.39 is 0 Å². The van der Waals surface area contributed by atoms with Gasteiger partial charge in [-0.1, -0.05) is 42.0 Å². The third-order valence-corrected chi connectivity index (χ3v) is 3.90. The molecule has 0 aliphatic rings. The van der Waals surface area contributed by atoms with Gasteiger partial charge < -0.3 is 0 Å². The zero-order valence-corrected chi connectivity index (χ0v) is 13.6. The van der Waals surface area contributed by atoms with E-state index in [0.29, 0.717) is 11.5 Å². The van der Waals surface area contributed by atoms with Crippen LogP contribution >= 0.6 is 0 Å². The number of hydrogen-bond acceptors (Lipinski definition) is 3. The fourth-order valence-corrected chi connectivity index (χ4v) is 2.63. The number of azo groups is 1. The van der Waals surface area contributed by atoms with Crippen LogP contribution in [0.4, 0.5) is 15.9 Å². The van der Waals surface area contributed by atoms with Gasteiger partial charge in [0.05, 0.1) is 5.69 Å². The smallest absolute Gasteiger partial charge is 0.187 e. The highest BCUT2D eigenvalue weighted by atomic mass is 19.1. The molecule has 0 amide bonds. The summed E-state index contributed by atoms with van der Waals surface area (Å²) in [5, 5.41) is 8.55. The van der Waals surface area contributed by atoms with Crippen LogP contribution in [0.1, 0.15) is 5.56 Å². The Bertz CT molecular complexity index is 1060. The number of halogens is 1. The summed E-state index contributed by atoms with van der Waals surface area (Å²) in [6.45, 7) is 2.04. The number of aryl methyl sites for hydroxylation is 1. The zero-order valence-electron chi connectivity index (χ0n) is 13.6. The minimum Gasteiger partial charge on any atom is -0.283 e. The maximum Gasteiger partial charge on any atom is 0.187 e. The van der Waals surface area contributed by atoms with Gasteiger partial charge >= 0.3 is 0 Å². The average molecular weight is 330 g/mol. The summed E-state index contributed by atoms with van der Waals surface area (Å²) in [7, 11) is 0. The summed E-state index contributed by atoms with van der Waals surface area (Å²) in [5.41, 5.74) is 4.12. The molecule has 0 saturated carbocycles. The van der Waals surface area contributed by atoms with Gasteiger partial charge in [-0.2, -0.15) is 0 Å². The molecule has 0 radical (unpaired) electrons. The highest BCUT2D eigenvalue weighted by Crippen LogP contribution is 2.32. The van der Waals surface area contributed by atoms with Crippen LogP contribution in [0, 0.1) is 12.7 Å². The molecule has 2 heterocycles. The van der Waals surface area contributed by atoms with Crippen LogP contribution in [0.5, 0.6) is 0 Å². The molecule has 2 aromatic carbocycles. The molecular weight excluding hydrogens is 315 g/mol. The molecular formula is C20H15FN4. The predicted octanol–water partition coefficient (Wildman–Crippen LogP) is 5.86. The fourth-order valence-electron chi connectivity index (χ4n) is 2.63. The molecule has 25 heavy (non-hydrogen) atoms. The van der Waals surface area contributed by atoms with Crippen molar-refractivity contribution in [3.05, 3.63) is 84.3 Å². The largest absolute Gasteiger partial charge is 0.283 e. The molecule has 0 aliphatic carbocycles.